The van der Waals surface area contributed by atoms with E-state index in [1.165, 1.54) is 0 Å². The maximum absolute atomic E-state index is 11.9. The Morgan fingerprint density at radius 2 is 1.89 bits per heavy atom. The second kappa shape index (κ2) is 4.84. The molecule has 1 aromatic carbocycles. The molecule has 18 heavy (non-hydrogen) atoms. The Morgan fingerprint density at radius 1 is 1.28 bits per heavy atom. The van der Waals surface area contributed by atoms with E-state index in [-0.39, 0.29) is 11.3 Å². The lowest BCUT2D eigenvalue weighted by molar-refractivity contribution is -0.129. The number of rotatable bonds is 2. The largest absolute Gasteiger partial charge is 0.273 e. The van der Waals surface area contributed by atoms with Crippen molar-refractivity contribution in [1.82, 2.24) is 5.01 Å². The number of halogens is 1. The minimum atomic E-state index is -0.0376. The zero-order valence-corrected chi connectivity index (χ0v) is 12.5. The van der Waals surface area contributed by atoms with Gasteiger partial charge in [-0.3, -0.25) is 4.79 Å². The molecule has 2 rings (SSSR count). The molecule has 3 nitrogen and oxygen atoms in total. The monoisotopic (exact) mass is 308 g/mol. The van der Waals surface area contributed by atoms with Gasteiger partial charge in [0.25, 0.3) is 0 Å². The number of benzene rings is 1. The topological polar surface area (TPSA) is 32.7 Å². The lowest BCUT2D eigenvalue weighted by atomic mass is 9.88. The van der Waals surface area contributed by atoms with Crippen LogP contribution in [0.15, 0.2) is 33.8 Å². The van der Waals surface area contributed by atoms with Crippen LogP contribution in [0.4, 0.5) is 0 Å². The summed E-state index contributed by atoms with van der Waals surface area (Å²) in [6, 6.07) is 7.96. The van der Waals surface area contributed by atoms with E-state index in [4.69, 9.17) is 0 Å². The van der Waals surface area contributed by atoms with Crippen LogP contribution in [0, 0.1) is 5.41 Å². The summed E-state index contributed by atoms with van der Waals surface area (Å²) in [6.07, 6.45) is 0.444. The third-order valence-corrected chi connectivity index (χ3v) is 3.49. The lowest BCUT2D eigenvalue weighted by Crippen LogP contribution is -2.20. The van der Waals surface area contributed by atoms with Crippen molar-refractivity contribution in [3.8, 4) is 0 Å². The molecule has 0 aromatic heterocycles. The summed E-state index contributed by atoms with van der Waals surface area (Å²) < 4.78 is 1.04. The average Bonchev–Trinajstić information content (AvgIpc) is 2.63. The first-order valence-electron chi connectivity index (χ1n) is 5.99. The van der Waals surface area contributed by atoms with Crippen LogP contribution in [0.3, 0.4) is 0 Å². The van der Waals surface area contributed by atoms with E-state index in [2.05, 4.69) is 41.8 Å². The maximum Gasteiger partial charge on any atom is 0.248 e. The Morgan fingerprint density at radius 3 is 2.39 bits per heavy atom. The number of carbonyl (C=O) groups excluding carboxylic acids is 1. The van der Waals surface area contributed by atoms with Crippen molar-refractivity contribution in [3.63, 3.8) is 0 Å². The molecule has 0 spiro atoms. The van der Waals surface area contributed by atoms with Gasteiger partial charge in [-0.15, -0.1) is 0 Å². The second-order valence-corrected chi connectivity index (χ2v) is 6.47. The molecule has 0 N–H and O–H groups in total. The van der Waals surface area contributed by atoms with Crippen LogP contribution in [0.5, 0.6) is 0 Å². The predicted molar refractivity (Wildman–Crippen MR) is 76.2 cm³/mol. The maximum atomic E-state index is 11.9. The molecule has 96 valence electrons. The normalized spacial score (nSPS) is 16.1. The summed E-state index contributed by atoms with van der Waals surface area (Å²) in [5.74, 6) is 0.0860. The van der Waals surface area contributed by atoms with Gasteiger partial charge in [-0.05, 0) is 17.7 Å². The summed E-state index contributed by atoms with van der Waals surface area (Å²) in [7, 11) is 0. The third-order valence-electron chi connectivity index (χ3n) is 2.96. The smallest absolute Gasteiger partial charge is 0.248 e. The minimum absolute atomic E-state index is 0.0376. The van der Waals surface area contributed by atoms with Crippen molar-refractivity contribution >= 4 is 27.5 Å². The van der Waals surface area contributed by atoms with Crippen LogP contribution in [-0.4, -0.2) is 16.6 Å². The number of nitrogens with zero attached hydrogens (tertiary/aromatic N) is 2. The molecule has 0 saturated heterocycles. The van der Waals surface area contributed by atoms with Crippen molar-refractivity contribution in [1.29, 1.82) is 0 Å². The van der Waals surface area contributed by atoms with Gasteiger partial charge in [-0.2, -0.15) is 5.10 Å². The van der Waals surface area contributed by atoms with Gasteiger partial charge >= 0.3 is 0 Å². The van der Waals surface area contributed by atoms with Crippen molar-refractivity contribution in [3.05, 3.63) is 34.3 Å². The molecule has 0 radical (unpaired) electrons. The Labute approximate surface area is 116 Å². The number of carbonyl (C=O) groups is 1. The molecule has 4 heteroatoms. The summed E-state index contributed by atoms with van der Waals surface area (Å²) in [5.41, 5.74) is 2.01. The summed E-state index contributed by atoms with van der Waals surface area (Å²) in [5, 5.41) is 6.02. The van der Waals surface area contributed by atoms with Gasteiger partial charge in [-0.25, -0.2) is 5.01 Å². The second-order valence-electron chi connectivity index (χ2n) is 5.55. The first kappa shape index (κ1) is 13.3. The fraction of sp³-hybridized carbons (Fsp3) is 0.429. The highest BCUT2D eigenvalue weighted by molar-refractivity contribution is 9.10. The van der Waals surface area contributed by atoms with E-state index in [0.29, 0.717) is 13.0 Å². The van der Waals surface area contributed by atoms with Gasteiger partial charge in [0.1, 0.15) is 0 Å². The van der Waals surface area contributed by atoms with Gasteiger partial charge in [0.15, 0.2) is 0 Å². The van der Waals surface area contributed by atoms with Crippen molar-refractivity contribution < 1.29 is 4.79 Å². The molecular formula is C14H17BrN2O. The van der Waals surface area contributed by atoms with Crippen LogP contribution in [-0.2, 0) is 11.3 Å². The molecule has 0 atom stereocenters. The van der Waals surface area contributed by atoms with Crippen LogP contribution < -0.4 is 0 Å². The molecule has 1 aliphatic heterocycles. The van der Waals surface area contributed by atoms with E-state index >= 15 is 0 Å². The molecule has 1 aromatic rings. The summed E-state index contributed by atoms with van der Waals surface area (Å²) in [6.45, 7) is 6.80. The Bertz CT molecular complexity index is 486. The van der Waals surface area contributed by atoms with Crippen LogP contribution in [0.2, 0.25) is 0 Å². The molecule has 0 aliphatic carbocycles. The van der Waals surface area contributed by atoms with Gasteiger partial charge < -0.3 is 0 Å². The fourth-order valence-corrected chi connectivity index (χ4v) is 2.04. The molecule has 0 fully saturated rings. The molecule has 1 aliphatic rings. The number of hydrogen-bond acceptors (Lipinski definition) is 2. The quantitative estimate of drug-likeness (QED) is 0.822. The van der Waals surface area contributed by atoms with Crippen LogP contribution >= 0.6 is 15.9 Å². The van der Waals surface area contributed by atoms with Gasteiger partial charge in [0.05, 0.1) is 18.7 Å². The Balaban J connectivity index is 2.12. The molecule has 0 unspecified atom stereocenters. The van der Waals surface area contributed by atoms with E-state index in [1.807, 2.05) is 24.3 Å². The molecule has 0 bridgehead atoms. The summed E-state index contributed by atoms with van der Waals surface area (Å²) in [4.78, 5) is 11.9. The fourth-order valence-electron chi connectivity index (χ4n) is 1.77. The van der Waals surface area contributed by atoms with E-state index in [1.54, 1.807) is 5.01 Å². The first-order chi connectivity index (χ1) is 8.36. The number of hydrogen-bond donors (Lipinski definition) is 0. The van der Waals surface area contributed by atoms with Crippen molar-refractivity contribution in [2.24, 2.45) is 10.5 Å². The highest BCUT2D eigenvalue weighted by atomic mass is 79.9. The standard InChI is InChI=1S/C14H17BrN2O/c1-14(2,3)12-8-13(18)17(16-12)9-10-4-6-11(15)7-5-10/h4-7H,8-9H2,1-3H3. The highest BCUT2D eigenvalue weighted by Gasteiger charge is 2.30. The predicted octanol–water partition coefficient (Wildman–Crippen LogP) is 3.58. The molecule has 0 saturated carbocycles. The molecule has 1 amide bonds. The Hall–Kier alpha value is -1.16. The van der Waals surface area contributed by atoms with Gasteiger partial charge in [0.2, 0.25) is 5.91 Å². The van der Waals surface area contributed by atoms with E-state index in [0.717, 1.165) is 15.7 Å². The summed E-state index contributed by atoms with van der Waals surface area (Å²) >= 11 is 3.40. The number of amides is 1. The third kappa shape index (κ3) is 2.99. The molecule has 1 heterocycles. The van der Waals surface area contributed by atoms with E-state index < -0.39 is 0 Å². The minimum Gasteiger partial charge on any atom is -0.273 e. The van der Waals surface area contributed by atoms with Crippen LogP contribution in [0.25, 0.3) is 0 Å². The zero-order valence-electron chi connectivity index (χ0n) is 10.9. The van der Waals surface area contributed by atoms with Crippen LogP contribution in [0.1, 0.15) is 32.8 Å². The van der Waals surface area contributed by atoms with Gasteiger partial charge in [0, 0.05) is 9.89 Å². The first-order valence-corrected chi connectivity index (χ1v) is 6.78. The zero-order chi connectivity index (χ0) is 13.3. The lowest BCUT2D eigenvalue weighted by Gasteiger charge is -2.16. The van der Waals surface area contributed by atoms with E-state index in [9.17, 15) is 4.79 Å². The Kier molecular flexibility index (Phi) is 3.57. The average molecular weight is 309 g/mol. The molecular weight excluding hydrogens is 292 g/mol. The highest BCUT2D eigenvalue weighted by Crippen LogP contribution is 2.25. The number of hydrazone groups is 1. The SMILES string of the molecule is CC(C)(C)C1=NN(Cc2ccc(Br)cc2)C(=O)C1. The van der Waals surface area contributed by atoms with Gasteiger partial charge in [-0.1, -0.05) is 48.8 Å². The van der Waals surface area contributed by atoms with Crippen molar-refractivity contribution in [2.45, 2.75) is 33.7 Å². The van der Waals surface area contributed by atoms with Crippen molar-refractivity contribution in [2.75, 3.05) is 0 Å².